The smallest absolute Gasteiger partial charge is 0.239 e. The molecule has 5 nitrogen and oxygen atoms in total. The van der Waals surface area contributed by atoms with Crippen molar-refractivity contribution in [1.29, 1.82) is 0 Å². The van der Waals surface area contributed by atoms with Crippen LogP contribution in [-0.4, -0.2) is 67.1 Å². The van der Waals surface area contributed by atoms with E-state index in [0.29, 0.717) is 12.0 Å². The minimum absolute atomic E-state index is 0.175. The minimum atomic E-state index is -0.539. The lowest BCUT2D eigenvalue weighted by atomic mass is 9.89. The van der Waals surface area contributed by atoms with Crippen LogP contribution in [0.25, 0.3) is 0 Å². The first-order valence-corrected chi connectivity index (χ1v) is 8.31. The van der Waals surface area contributed by atoms with Crippen molar-refractivity contribution >= 4 is 5.91 Å². The molecule has 2 unspecified atom stereocenters. The van der Waals surface area contributed by atoms with E-state index in [-0.39, 0.29) is 11.9 Å². The second kappa shape index (κ2) is 6.63. The van der Waals surface area contributed by atoms with Crippen LogP contribution in [0.15, 0.2) is 0 Å². The van der Waals surface area contributed by atoms with Gasteiger partial charge in [0.1, 0.15) is 5.54 Å². The van der Waals surface area contributed by atoms with Gasteiger partial charge in [-0.05, 0) is 66.1 Å². The van der Waals surface area contributed by atoms with Gasteiger partial charge >= 0.3 is 0 Å². The number of nitrogens with zero attached hydrogens (tertiary/aromatic N) is 2. The van der Waals surface area contributed by atoms with Gasteiger partial charge < -0.3 is 10.6 Å². The molecule has 21 heavy (non-hydrogen) atoms. The zero-order valence-corrected chi connectivity index (χ0v) is 14.1. The normalized spacial score (nSPS) is 27.0. The molecule has 1 amide bonds. The van der Waals surface area contributed by atoms with Crippen LogP contribution in [0.4, 0.5) is 0 Å². The minimum Gasteiger partial charge on any atom is -0.368 e. The predicted octanol–water partition coefficient (Wildman–Crippen LogP) is 0.645. The molecular weight excluding hydrogens is 264 g/mol. The molecule has 1 saturated heterocycles. The third kappa shape index (κ3) is 3.96. The summed E-state index contributed by atoms with van der Waals surface area (Å²) in [7, 11) is 4.28. The van der Waals surface area contributed by atoms with E-state index in [2.05, 4.69) is 43.1 Å². The van der Waals surface area contributed by atoms with Gasteiger partial charge in [0, 0.05) is 25.2 Å². The van der Waals surface area contributed by atoms with Crippen LogP contribution in [0, 0.1) is 5.92 Å². The zero-order chi connectivity index (χ0) is 15.6. The molecule has 1 aliphatic heterocycles. The Labute approximate surface area is 129 Å². The maximum Gasteiger partial charge on any atom is 0.239 e. The van der Waals surface area contributed by atoms with Crippen molar-refractivity contribution in [2.45, 2.75) is 57.2 Å². The second-order valence-electron chi connectivity index (χ2n) is 7.40. The molecule has 122 valence electrons. The average molecular weight is 296 g/mol. The van der Waals surface area contributed by atoms with Crippen molar-refractivity contribution in [2.75, 3.05) is 33.7 Å². The van der Waals surface area contributed by atoms with Crippen molar-refractivity contribution in [3.8, 4) is 0 Å². The number of carbonyl (C=O) groups excluding carboxylic acids is 1. The van der Waals surface area contributed by atoms with Gasteiger partial charge in [0.15, 0.2) is 0 Å². The van der Waals surface area contributed by atoms with Gasteiger partial charge in [-0.3, -0.25) is 15.0 Å². The van der Waals surface area contributed by atoms with E-state index < -0.39 is 5.54 Å². The van der Waals surface area contributed by atoms with Crippen molar-refractivity contribution in [1.82, 2.24) is 15.1 Å². The Morgan fingerprint density at radius 3 is 2.52 bits per heavy atom. The average Bonchev–Trinajstić information content (AvgIpc) is 3.21. The summed E-state index contributed by atoms with van der Waals surface area (Å²) in [6, 6.07) is 0.857. The number of nitrogens with one attached hydrogen (secondary N) is 1. The lowest BCUT2D eigenvalue weighted by Crippen LogP contribution is -2.66. The van der Waals surface area contributed by atoms with E-state index >= 15 is 0 Å². The third-order valence-electron chi connectivity index (χ3n) is 4.94. The Morgan fingerprint density at radius 1 is 1.38 bits per heavy atom. The number of rotatable bonds is 7. The highest BCUT2D eigenvalue weighted by atomic mass is 16.1. The van der Waals surface area contributed by atoms with E-state index in [1.807, 2.05) is 0 Å². The lowest BCUT2D eigenvalue weighted by molar-refractivity contribution is -0.127. The highest BCUT2D eigenvalue weighted by Crippen LogP contribution is 2.40. The van der Waals surface area contributed by atoms with Crippen LogP contribution < -0.4 is 11.1 Å². The predicted molar refractivity (Wildman–Crippen MR) is 86.1 cm³/mol. The number of carbonyl (C=O) groups is 1. The number of piperidine rings is 1. The molecule has 0 bridgehead atoms. The molecule has 0 radical (unpaired) electrons. The zero-order valence-electron chi connectivity index (χ0n) is 14.1. The Kier molecular flexibility index (Phi) is 5.28. The first kappa shape index (κ1) is 16.7. The fourth-order valence-corrected chi connectivity index (χ4v) is 3.68. The second-order valence-corrected chi connectivity index (χ2v) is 7.40. The summed E-state index contributed by atoms with van der Waals surface area (Å²) in [6.07, 6.45) is 4.68. The van der Waals surface area contributed by atoms with Gasteiger partial charge in [-0.1, -0.05) is 0 Å². The van der Waals surface area contributed by atoms with Gasteiger partial charge in [-0.2, -0.15) is 0 Å². The summed E-state index contributed by atoms with van der Waals surface area (Å²) in [5.74, 6) is 0.239. The van der Waals surface area contributed by atoms with E-state index in [1.165, 1.54) is 12.8 Å². The number of amides is 1. The number of likely N-dealkylation sites (tertiary alicyclic amines) is 1. The SMILES string of the molecule is CC(C)NC(CN1CCCC(N(C)C)C1)(C(N)=O)C1CC1. The standard InChI is InChI=1S/C16H32N4O/c1-12(2)18-16(15(17)21,13-7-8-13)11-20-9-5-6-14(10-20)19(3)4/h12-14,18H,5-11H2,1-4H3,(H2,17,21). The van der Waals surface area contributed by atoms with Crippen molar-refractivity contribution < 1.29 is 4.79 Å². The Balaban J connectivity index is 2.09. The van der Waals surface area contributed by atoms with Crippen LogP contribution in [0.3, 0.4) is 0 Å². The highest BCUT2D eigenvalue weighted by molar-refractivity contribution is 5.86. The van der Waals surface area contributed by atoms with Crippen LogP contribution in [0.1, 0.15) is 39.5 Å². The molecule has 0 aromatic heterocycles. The van der Waals surface area contributed by atoms with Gasteiger partial charge in [-0.25, -0.2) is 0 Å². The molecule has 1 saturated carbocycles. The highest BCUT2D eigenvalue weighted by Gasteiger charge is 2.51. The fourth-order valence-electron chi connectivity index (χ4n) is 3.68. The summed E-state index contributed by atoms with van der Waals surface area (Å²) < 4.78 is 0. The van der Waals surface area contributed by atoms with E-state index in [0.717, 1.165) is 32.5 Å². The molecule has 3 N–H and O–H groups in total. The van der Waals surface area contributed by atoms with Gasteiger partial charge in [0.2, 0.25) is 5.91 Å². The van der Waals surface area contributed by atoms with Crippen molar-refractivity contribution in [2.24, 2.45) is 11.7 Å². The summed E-state index contributed by atoms with van der Waals surface area (Å²) >= 11 is 0. The Morgan fingerprint density at radius 2 is 2.05 bits per heavy atom. The maximum atomic E-state index is 12.3. The van der Waals surface area contributed by atoms with Crippen LogP contribution in [0.2, 0.25) is 0 Å². The number of hydrogen-bond acceptors (Lipinski definition) is 4. The van der Waals surface area contributed by atoms with Crippen molar-refractivity contribution in [3.63, 3.8) is 0 Å². The Hall–Kier alpha value is -0.650. The fraction of sp³-hybridized carbons (Fsp3) is 0.938. The molecule has 1 aliphatic carbocycles. The monoisotopic (exact) mass is 296 g/mol. The topological polar surface area (TPSA) is 61.6 Å². The lowest BCUT2D eigenvalue weighted by Gasteiger charge is -2.42. The molecule has 2 rings (SSSR count). The van der Waals surface area contributed by atoms with E-state index in [4.69, 9.17) is 5.73 Å². The molecule has 2 atom stereocenters. The molecule has 0 aromatic carbocycles. The number of likely N-dealkylation sites (N-methyl/N-ethyl adjacent to an activating group) is 1. The number of primary amides is 1. The van der Waals surface area contributed by atoms with Gasteiger partial charge in [-0.15, -0.1) is 0 Å². The molecular formula is C16H32N4O. The molecule has 2 aliphatic rings. The molecule has 1 heterocycles. The van der Waals surface area contributed by atoms with Crippen LogP contribution in [0.5, 0.6) is 0 Å². The van der Waals surface area contributed by atoms with Crippen LogP contribution >= 0.6 is 0 Å². The van der Waals surface area contributed by atoms with Crippen LogP contribution in [-0.2, 0) is 4.79 Å². The summed E-state index contributed by atoms with van der Waals surface area (Å²) in [6.45, 7) is 7.06. The van der Waals surface area contributed by atoms with E-state index in [1.54, 1.807) is 0 Å². The molecule has 0 aromatic rings. The maximum absolute atomic E-state index is 12.3. The number of nitrogens with two attached hydrogens (primary N) is 1. The quantitative estimate of drug-likeness (QED) is 0.724. The summed E-state index contributed by atoms with van der Waals surface area (Å²) in [4.78, 5) is 17.0. The summed E-state index contributed by atoms with van der Waals surface area (Å²) in [5, 5.41) is 3.52. The largest absolute Gasteiger partial charge is 0.368 e. The molecule has 2 fully saturated rings. The Bertz CT molecular complexity index is 367. The number of hydrogen-bond donors (Lipinski definition) is 2. The van der Waals surface area contributed by atoms with Gasteiger partial charge in [0.25, 0.3) is 0 Å². The first-order valence-electron chi connectivity index (χ1n) is 8.31. The van der Waals surface area contributed by atoms with Gasteiger partial charge in [0.05, 0.1) is 0 Å². The summed E-state index contributed by atoms with van der Waals surface area (Å²) in [5.41, 5.74) is 5.29. The first-order chi connectivity index (χ1) is 9.85. The molecule has 5 heteroatoms. The molecule has 0 spiro atoms. The van der Waals surface area contributed by atoms with E-state index in [9.17, 15) is 4.79 Å². The van der Waals surface area contributed by atoms with Crippen molar-refractivity contribution in [3.05, 3.63) is 0 Å². The third-order valence-corrected chi connectivity index (χ3v) is 4.94.